The Kier molecular flexibility index (Phi) is 4.94. The van der Waals surface area contributed by atoms with Gasteiger partial charge in [-0.05, 0) is 42.5 Å². The number of ether oxygens (including phenoxy) is 1. The van der Waals surface area contributed by atoms with E-state index in [1.54, 1.807) is 13.3 Å². The molecule has 0 bridgehead atoms. The molecular weight excluding hydrogens is 350 g/mol. The van der Waals surface area contributed by atoms with Crippen LogP contribution < -0.4 is 9.46 Å². The number of hydrogen-bond donors (Lipinski definition) is 1. The zero-order valence-corrected chi connectivity index (χ0v) is 16.2. The first kappa shape index (κ1) is 18.7. The van der Waals surface area contributed by atoms with Crippen LogP contribution in [0.1, 0.15) is 37.6 Å². The van der Waals surface area contributed by atoms with Gasteiger partial charge in [-0.3, -0.25) is 0 Å². The maximum atomic E-state index is 12.2. The lowest BCUT2D eigenvalue weighted by Gasteiger charge is -2.35. The minimum absolute atomic E-state index is 0.0430. The van der Waals surface area contributed by atoms with Crippen molar-refractivity contribution in [2.24, 2.45) is 5.41 Å². The van der Waals surface area contributed by atoms with Crippen LogP contribution in [-0.2, 0) is 16.4 Å². The lowest BCUT2D eigenvalue weighted by molar-refractivity contribution is 0.269. The molecule has 7 heteroatoms. The minimum atomic E-state index is -3.41. The van der Waals surface area contributed by atoms with Crippen molar-refractivity contribution in [1.82, 2.24) is 14.5 Å². The number of nitrogens with zero attached hydrogens (tertiary/aromatic N) is 2. The van der Waals surface area contributed by atoms with E-state index in [1.165, 1.54) is 6.08 Å². The van der Waals surface area contributed by atoms with Crippen LogP contribution in [0.4, 0.5) is 0 Å². The highest BCUT2D eigenvalue weighted by Crippen LogP contribution is 2.41. The molecule has 1 aromatic carbocycles. The van der Waals surface area contributed by atoms with Crippen molar-refractivity contribution in [3.63, 3.8) is 0 Å². The van der Waals surface area contributed by atoms with Gasteiger partial charge in [-0.15, -0.1) is 6.58 Å². The van der Waals surface area contributed by atoms with Gasteiger partial charge >= 0.3 is 0 Å². The molecular formula is C19H25N3O3S. The van der Waals surface area contributed by atoms with Crippen molar-refractivity contribution in [2.45, 2.75) is 32.7 Å². The Hall–Kier alpha value is -2.12. The maximum Gasteiger partial charge on any atom is 0.215 e. The first-order chi connectivity index (χ1) is 12.2. The summed E-state index contributed by atoms with van der Waals surface area (Å²) in [6, 6.07) is 7.39. The Morgan fingerprint density at radius 1 is 1.38 bits per heavy atom. The van der Waals surface area contributed by atoms with Crippen molar-refractivity contribution in [1.29, 1.82) is 0 Å². The third-order valence-electron chi connectivity index (χ3n) is 4.66. The van der Waals surface area contributed by atoms with Crippen LogP contribution in [0, 0.1) is 5.41 Å². The molecule has 0 aliphatic heterocycles. The molecule has 0 spiro atoms. The molecule has 3 rings (SSSR count). The molecule has 2 aromatic rings. The van der Waals surface area contributed by atoms with Crippen LogP contribution in [0.2, 0.25) is 0 Å². The summed E-state index contributed by atoms with van der Waals surface area (Å²) in [5.41, 5.74) is 2.86. The second-order valence-electron chi connectivity index (χ2n) is 7.44. The van der Waals surface area contributed by atoms with E-state index in [2.05, 4.69) is 30.2 Å². The predicted octanol–water partition coefficient (Wildman–Crippen LogP) is 3.00. The minimum Gasteiger partial charge on any atom is -0.497 e. The molecule has 1 heterocycles. The van der Waals surface area contributed by atoms with E-state index in [4.69, 9.17) is 4.74 Å². The zero-order chi connectivity index (χ0) is 18.9. The van der Waals surface area contributed by atoms with Crippen molar-refractivity contribution in [3.05, 3.63) is 54.4 Å². The van der Waals surface area contributed by atoms with Gasteiger partial charge in [0.2, 0.25) is 10.0 Å². The Bertz CT molecular complexity index is 899. The van der Waals surface area contributed by atoms with Gasteiger partial charge in [0, 0.05) is 11.3 Å². The highest BCUT2D eigenvalue weighted by molar-refractivity contribution is 7.89. The first-order valence-electron chi connectivity index (χ1n) is 8.57. The van der Waals surface area contributed by atoms with E-state index in [0.717, 1.165) is 35.5 Å². The summed E-state index contributed by atoms with van der Waals surface area (Å²) >= 11 is 0. The average Bonchev–Trinajstić information content (AvgIpc) is 2.97. The van der Waals surface area contributed by atoms with E-state index >= 15 is 0 Å². The smallest absolute Gasteiger partial charge is 0.215 e. The van der Waals surface area contributed by atoms with Gasteiger partial charge in [0.25, 0.3) is 0 Å². The molecule has 0 saturated carbocycles. The lowest BCUT2D eigenvalue weighted by Crippen LogP contribution is -2.37. The highest BCUT2D eigenvalue weighted by Gasteiger charge is 2.36. The molecule has 0 unspecified atom stereocenters. The van der Waals surface area contributed by atoms with Crippen molar-refractivity contribution in [2.75, 3.05) is 12.9 Å². The topological polar surface area (TPSA) is 73.2 Å². The predicted molar refractivity (Wildman–Crippen MR) is 102 cm³/mol. The molecule has 140 valence electrons. The molecule has 1 atom stereocenters. The van der Waals surface area contributed by atoms with Crippen LogP contribution in [-0.4, -0.2) is 31.1 Å². The number of hydrogen-bond acceptors (Lipinski definition) is 4. The summed E-state index contributed by atoms with van der Waals surface area (Å²) in [7, 11) is -1.78. The Morgan fingerprint density at radius 3 is 2.69 bits per heavy atom. The second-order valence-corrected chi connectivity index (χ2v) is 9.24. The van der Waals surface area contributed by atoms with Crippen LogP contribution in [0.5, 0.6) is 5.75 Å². The quantitative estimate of drug-likeness (QED) is 0.788. The van der Waals surface area contributed by atoms with Crippen LogP contribution in [0.15, 0.2) is 43.1 Å². The number of nitrogens with one attached hydrogen (secondary N) is 1. The van der Waals surface area contributed by atoms with Gasteiger partial charge in [0.05, 0.1) is 30.8 Å². The Morgan fingerprint density at radius 2 is 2.08 bits per heavy atom. The van der Waals surface area contributed by atoms with E-state index in [9.17, 15) is 8.42 Å². The van der Waals surface area contributed by atoms with Crippen LogP contribution in [0.25, 0.3) is 5.69 Å². The molecule has 0 saturated heterocycles. The largest absolute Gasteiger partial charge is 0.497 e. The van der Waals surface area contributed by atoms with Gasteiger partial charge in [0.1, 0.15) is 5.75 Å². The van der Waals surface area contributed by atoms with Gasteiger partial charge in [-0.1, -0.05) is 19.9 Å². The number of aromatic nitrogens is 2. The summed E-state index contributed by atoms with van der Waals surface area (Å²) in [4.78, 5) is 0. The summed E-state index contributed by atoms with van der Waals surface area (Å²) in [6.07, 6.45) is 4.73. The van der Waals surface area contributed by atoms with Gasteiger partial charge in [-0.2, -0.15) is 5.10 Å². The SMILES string of the molecule is C=CCS(=O)(=O)N[C@@H]1CC(C)(C)Cc2c1cnn2-c1ccc(OC)cc1. The zero-order valence-electron chi connectivity index (χ0n) is 15.4. The number of fused-ring (bicyclic) bond motifs is 1. The van der Waals surface area contributed by atoms with E-state index in [-0.39, 0.29) is 17.2 Å². The Labute approximate surface area is 154 Å². The third kappa shape index (κ3) is 3.83. The van der Waals surface area contributed by atoms with Gasteiger partial charge in [-0.25, -0.2) is 17.8 Å². The molecule has 1 N–H and O–H groups in total. The number of sulfonamides is 1. The van der Waals surface area contributed by atoms with Crippen molar-refractivity contribution >= 4 is 10.0 Å². The van der Waals surface area contributed by atoms with Gasteiger partial charge in [0.15, 0.2) is 0 Å². The van der Waals surface area contributed by atoms with Crippen LogP contribution >= 0.6 is 0 Å². The fourth-order valence-corrected chi connectivity index (χ4v) is 4.56. The molecule has 1 aliphatic carbocycles. The van der Waals surface area contributed by atoms with Crippen LogP contribution in [0.3, 0.4) is 0 Å². The second kappa shape index (κ2) is 6.89. The maximum absolute atomic E-state index is 12.2. The summed E-state index contributed by atoms with van der Waals surface area (Å²) in [5, 5.41) is 4.54. The van der Waals surface area contributed by atoms with Crippen molar-refractivity contribution < 1.29 is 13.2 Å². The normalized spacial score (nSPS) is 19.0. The molecule has 6 nitrogen and oxygen atoms in total. The first-order valence-corrected chi connectivity index (χ1v) is 10.2. The van der Waals surface area contributed by atoms with Gasteiger partial charge < -0.3 is 4.74 Å². The third-order valence-corrected chi connectivity index (χ3v) is 5.97. The molecule has 1 aromatic heterocycles. The molecule has 0 radical (unpaired) electrons. The monoisotopic (exact) mass is 375 g/mol. The molecule has 0 amide bonds. The van der Waals surface area contributed by atoms with E-state index < -0.39 is 10.0 Å². The molecule has 0 fully saturated rings. The summed E-state index contributed by atoms with van der Waals surface area (Å²) < 4.78 is 34.4. The molecule has 26 heavy (non-hydrogen) atoms. The highest BCUT2D eigenvalue weighted by atomic mass is 32.2. The average molecular weight is 375 g/mol. The summed E-state index contributed by atoms with van der Waals surface area (Å²) in [5.74, 6) is 0.691. The number of benzene rings is 1. The van der Waals surface area contributed by atoms with E-state index in [0.29, 0.717) is 0 Å². The summed E-state index contributed by atoms with van der Waals surface area (Å²) in [6.45, 7) is 7.82. The fraction of sp³-hybridized carbons (Fsp3) is 0.421. The Balaban J connectivity index is 2.00. The number of rotatable bonds is 6. The molecule has 1 aliphatic rings. The fourth-order valence-electron chi connectivity index (χ4n) is 3.51. The number of methoxy groups -OCH3 is 1. The standard InChI is InChI=1S/C19H25N3O3S/c1-5-10-26(23,24)21-17-11-19(2,3)12-18-16(17)13-20-22(18)14-6-8-15(25-4)9-7-14/h5-9,13,17,21H,1,10-12H2,2-4H3/t17-/m1/s1. The lowest BCUT2D eigenvalue weighted by atomic mass is 9.74. The van der Waals surface area contributed by atoms with Crippen molar-refractivity contribution in [3.8, 4) is 11.4 Å². The van der Waals surface area contributed by atoms with E-state index in [1.807, 2.05) is 28.9 Å².